The number of rotatable bonds is 7. The summed E-state index contributed by atoms with van der Waals surface area (Å²) in [5, 5.41) is 3.07. The van der Waals surface area contributed by atoms with Crippen molar-refractivity contribution in [1.29, 1.82) is 0 Å². The van der Waals surface area contributed by atoms with Crippen molar-refractivity contribution in [3.05, 3.63) is 40.7 Å². The molecule has 2 N–H and O–H groups in total. The maximum absolute atomic E-state index is 12.0. The molecule has 2 heterocycles. The van der Waals surface area contributed by atoms with E-state index in [1.54, 1.807) is 13.1 Å². The van der Waals surface area contributed by atoms with Crippen molar-refractivity contribution in [2.45, 2.75) is 32.1 Å². The van der Waals surface area contributed by atoms with Crippen molar-refractivity contribution in [2.24, 2.45) is 0 Å². The Hall–Kier alpha value is -1.88. The van der Waals surface area contributed by atoms with Crippen LogP contribution in [0.1, 0.15) is 41.9 Å². The number of nitrogens with one attached hydrogen (secondary N) is 2. The van der Waals surface area contributed by atoms with Crippen LogP contribution in [0.3, 0.4) is 0 Å². The van der Waals surface area contributed by atoms with Crippen molar-refractivity contribution in [1.82, 2.24) is 14.7 Å². The molecule has 10 heteroatoms. The smallest absolute Gasteiger partial charge is 0.300 e. The van der Waals surface area contributed by atoms with Crippen LogP contribution >= 0.6 is 11.3 Å². The van der Waals surface area contributed by atoms with Gasteiger partial charge in [0.1, 0.15) is 6.61 Å². The zero-order valence-electron chi connectivity index (χ0n) is 14.3. The number of nitrogens with zero attached hydrogens (tertiary/aromatic N) is 2. The van der Waals surface area contributed by atoms with Gasteiger partial charge >= 0.3 is 10.3 Å². The lowest BCUT2D eigenvalue weighted by atomic mass is 9.89. The largest absolute Gasteiger partial charge is 0.336 e. The molecule has 0 saturated heterocycles. The first-order valence-corrected chi connectivity index (χ1v) is 10.6. The van der Waals surface area contributed by atoms with E-state index in [0.717, 1.165) is 35.5 Å². The summed E-state index contributed by atoms with van der Waals surface area (Å²) in [6.07, 6.45) is 4.63. The molecule has 0 radical (unpaired) electrons. The highest BCUT2D eigenvalue weighted by Crippen LogP contribution is 2.40. The number of aromatic nitrogens is 2. The number of anilines is 1. The van der Waals surface area contributed by atoms with E-state index in [9.17, 15) is 13.2 Å². The van der Waals surface area contributed by atoms with Crippen molar-refractivity contribution in [3.63, 3.8) is 0 Å². The molecule has 0 bridgehead atoms. The van der Waals surface area contributed by atoms with Crippen molar-refractivity contribution in [2.75, 3.05) is 18.5 Å². The summed E-state index contributed by atoms with van der Waals surface area (Å²) in [5.41, 5.74) is 1.96. The van der Waals surface area contributed by atoms with Crippen LogP contribution in [0.2, 0.25) is 0 Å². The molecular formula is C16H20N4O4S2. The van der Waals surface area contributed by atoms with Gasteiger partial charge in [-0.2, -0.15) is 13.1 Å². The third-order valence-electron chi connectivity index (χ3n) is 3.91. The second-order valence-corrected chi connectivity index (χ2v) is 8.26. The molecule has 1 atom stereocenters. The quantitative estimate of drug-likeness (QED) is 0.739. The monoisotopic (exact) mass is 396 g/mol. The van der Waals surface area contributed by atoms with Crippen LogP contribution < -0.4 is 10.0 Å². The van der Waals surface area contributed by atoms with Gasteiger partial charge in [-0.25, -0.2) is 9.17 Å². The van der Waals surface area contributed by atoms with Gasteiger partial charge in [0, 0.05) is 29.2 Å². The Bertz CT molecular complexity index is 868. The number of aryl methyl sites for hydroxylation is 1. The molecule has 1 amide bonds. The van der Waals surface area contributed by atoms with Gasteiger partial charge in [-0.3, -0.25) is 15.1 Å². The molecule has 1 unspecified atom stereocenters. The van der Waals surface area contributed by atoms with Crippen LogP contribution in [0.5, 0.6) is 0 Å². The van der Waals surface area contributed by atoms with Crippen LogP contribution in [0, 0.1) is 0 Å². The molecule has 2 aromatic rings. The van der Waals surface area contributed by atoms with E-state index in [0.29, 0.717) is 5.13 Å². The molecule has 0 saturated carbocycles. The molecule has 0 spiro atoms. The standard InChI is InChI=1S/C16H20N4O4S2/c1-2-18-26(22,23)24-10-14(21)20-16-19-13-8-5-6-11(15(13)25-16)12-7-3-4-9-17-12/h3-4,7,9,11,18H,2,5-6,8,10H2,1H3,(H,19,20,21). The van der Waals surface area contributed by atoms with Gasteiger partial charge in [0.05, 0.1) is 5.69 Å². The average Bonchev–Trinajstić information content (AvgIpc) is 3.03. The van der Waals surface area contributed by atoms with Gasteiger partial charge in [0.2, 0.25) is 0 Å². The predicted octanol–water partition coefficient (Wildman–Crippen LogP) is 1.82. The highest BCUT2D eigenvalue weighted by atomic mass is 32.2. The molecule has 8 nitrogen and oxygen atoms in total. The Morgan fingerprint density at radius 2 is 2.27 bits per heavy atom. The first-order chi connectivity index (χ1) is 12.5. The van der Waals surface area contributed by atoms with E-state index in [-0.39, 0.29) is 12.5 Å². The first kappa shape index (κ1) is 18.9. The molecule has 0 aromatic carbocycles. The predicted molar refractivity (Wildman–Crippen MR) is 98.3 cm³/mol. The second kappa shape index (κ2) is 8.21. The Morgan fingerprint density at radius 1 is 1.42 bits per heavy atom. The summed E-state index contributed by atoms with van der Waals surface area (Å²) in [6, 6.07) is 5.84. The molecule has 1 aliphatic carbocycles. The lowest BCUT2D eigenvalue weighted by Crippen LogP contribution is -2.29. The van der Waals surface area contributed by atoms with Crippen LogP contribution in [-0.4, -0.2) is 37.4 Å². The normalized spacial score (nSPS) is 16.9. The average molecular weight is 396 g/mol. The van der Waals surface area contributed by atoms with Gasteiger partial charge < -0.3 is 0 Å². The van der Waals surface area contributed by atoms with Crippen LogP contribution in [0.4, 0.5) is 5.13 Å². The summed E-state index contributed by atoms with van der Waals surface area (Å²) >= 11 is 1.41. The van der Waals surface area contributed by atoms with Crippen LogP contribution in [-0.2, 0) is 25.7 Å². The van der Waals surface area contributed by atoms with E-state index < -0.39 is 22.8 Å². The van der Waals surface area contributed by atoms with Crippen molar-refractivity contribution < 1.29 is 17.4 Å². The Labute approximate surface area is 156 Å². The number of carbonyl (C=O) groups excluding carboxylic acids is 1. The second-order valence-electron chi connectivity index (χ2n) is 5.79. The number of hydrogen-bond donors (Lipinski definition) is 2. The van der Waals surface area contributed by atoms with E-state index >= 15 is 0 Å². The summed E-state index contributed by atoms with van der Waals surface area (Å²) in [4.78, 5) is 22.0. The minimum atomic E-state index is -3.90. The van der Waals surface area contributed by atoms with Gasteiger partial charge in [-0.1, -0.05) is 13.0 Å². The molecular weight excluding hydrogens is 376 g/mol. The minimum Gasteiger partial charge on any atom is -0.300 e. The summed E-state index contributed by atoms with van der Waals surface area (Å²) in [6.45, 7) is 1.22. The van der Waals surface area contributed by atoms with E-state index in [1.165, 1.54) is 11.3 Å². The Kier molecular flexibility index (Phi) is 5.97. The van der Waals surface area contributed by atoms with Crippen LogP contribution in [0.15, 0.2) is 24.4 Å². The Morgan fingerprint density at radius 3 is 3.00 bits per heavy atom. The Balaban J connectivity index is 1.68. The number of amides is 1. The molecule has 0 fully saturated rings. The highest BCUT2D eigenvalue weighted by Gasteiger charge is 2.27. The first-order valence-electron chi connectivity index (χ1n) is 8.33. The van der Waals surface area contributed by atoms with E-state index in [1.807, 2.05) is 18.2 Å². The molecule has 2 aromatic heterocycles. The third-order valence-corrected chi connectivity index (χ3v) is 6.10. The SMILES string of the molecule is CCNS(=O)(=O)OCC(=O)Nc1nc2c(s1)C(c1ccccn1)CCC2. The maximum Gasteiger partial charge on any atom is 0.336 e. The van der Waals surface area contributed by atoms with Gasteiger partial charge in [0.15, 0.2) is 5.13 Å². The summed E-state index contributed by atoms with van der Waals surface area (Å²) in [5.74, 6) is -0.388. The number of fused-ring (bicyclic) bond motifs is 1. The summed E-state index contributed by atoms with van der Waals surface area (Å²) < 4.78 is 29.6. The fraction of sp³-hybridized carbons (Fsp3) is 0.438. The summed E-state index contributed by atoms with van der Waals surface area (Å²) in [7, 11) is -3.90. The topological polar surface area (TPSA) is 110 Å². The number of carbonyl (C=O) groups is 1. The minimum absolute atomic E-state index is 0.175. The van der Waals surface area contributed by atoms with Gasteiger partial charge in [-0.05, 0) is 31.4 Å². The fourth-order valence-electron chi connectivity index (χ4n) is 2.84. The van der Waals surface area contributed by atoms with Crippen LogP contribution in [0.25, 0.3) is 0 Å². The van der Waals surface area contributed by atoms with Crippen molar-refractivity contribution in [3.8, 4) is 0 Å². The third kappa shape index (κ3) is 4.64. The van der Waals surface area contributed by atoms with E-state index in [2.05, 4.69) is 24.2 Å². The molecule has 140 valence electrons. The molecule has 26 heavy (non-hydrogen) atoms. The lowest BCUT2D eigenvalue weighted by Gasteiger charge is -2.20. The molecule has 3 rings (SSSR count). The lowest BCUT2D eigenvalue weighted by molar-refractivity contribution is -0.118. The fourth-order valence-corrected chi connectivity index (χ4v) is 4.72. The zero-order valence-corrected chi connectivity index (χ0v) is 15.9. The van der Waals surface area contributed by atoms with Gasteiger partial charge in [0.25, 0.3) is 5.91 Å². The zero-order chi connectivity index (χ0) is 18.6. The molecule has 1 aliphatic rings. The van der Waals surface area contributed by atoms with Crippen molar-refractivity contribution >= 4 is 32.7 Å². The van der Waals surface area contributed by atoms with E-state index in [4.69, 9.17) is 0 Å². The number of hydrogen-bond acceptors (Lipinski definition) is 7. The molecule has 0 aliphatic heterocycles. The van der Waals surface area contributed by atoms with Gasteiger partial charge in [-0.15, -0.1) is 11.3 Å². The number of thiazole rings is 1. The maximum atomic E-state index is 12.0. The highest BCUT2D eigenvalue weighted by molar-refractivity contribution is 7.84. The number of pyridine rings is 1.